The van der Waals surface area contributed by atoms with Gasteiger partial charge in [-0.3, -0.25) is 0 Å². The first-order chi connectivity index (χ1) is 6.75. The van der Waals surface area contributed by atoms with Gasteiger partial charge in [0, 0.05) is 6.54 Å². The van der Waals surface area contributed by atoms with Crippen molar-refractivity contribution in [2.75, 3.05) is 18.0 Å². The molecule has 0 radical (unpaired) electrons. The second-order valence-electron chi connectivity index (χ2n) is 3.39. The van der Waals surface area contributed by atoms with Gasteiger partial charge in [-0.05, 0) is 12.8 Å². The number of hydrogen-bond donors (Lipinski definition) is 0. The molecule has 76 valence electrons. The first-order valence-electron chi connectivity index (χ1n) is 4.62. The molecule has 0 bridgehead atoms. The van der Waals surface area contributed by atoms with Crippen molar-refractivity contribution in [1.29, 1.82) is 0 Å². The number of alkyl halides is 1. The summed E-state index contributed by atoms with van der Waals surface area (Å²) in [4.78, 5) is 9.36. The van der Waals surface area contributed by atoms with E-state index in [-0.39, 0.29) is 0 Å². The van der Waals surface area contributed by atoms with Gasteiger partial charge in [0.2, 0.25) is 5.95 Å². The molecule has 0 unspecified atom stereocenters. The first-order valence-corrected chi connectivity index (χ1v) is 4.62. The molecule has 1 aromatic rings. The van der Waals surface area contributed by atoms with Crippen LogP contribution in [0.15, 0.2) is 12.4 Å². The van der Waals surface area contributed by atoms with Crippen molar-refractivity contribution in [3.63, 3.8) is 0 Å². The molecule has 1 fully saturated rings. The molecule has 0 saturated carbocycles. The monoisotopic (exact) mass is 199 g/mol. The number of anilines is 1. The summed E-state index contributed by atoms with van der Waals surface area (Å²) in [5.41, 5.74) is 0. The van der Waals surface area contributed by atoms with Crippen LogP contribution in [0.5, 0.6) is 0 Å². The van der Waals surface area contributed by atoms with Gasteiger partial charge >= 0.3 is 0 Å². The Morgan fingerprint density at radius 3 is 2.71 bits per heavy atom. The van der Waals surface area contributed by atoms with Crippen molar-refractivity contribution in [2.45, 2.75) is 19.0 Å². The molecule has 1 atom stereocenters. The van der Waals surface area contributed by atoms with Crippen LogP contribution >= 0.6 is 0 Å². The molecule has 0 spiro atoms. The molecule has 1 aliphatic rings. The van der Waals surface area contributed by atoms with Gasteiger partial charge in [-0.2, -0.15) is 0 Å². The van der Waals surface area contributed by atoms with E-state index in [4.69, 9.17) is 0 Å². The van der Waals surface area contributed by atoms with E-state index >= 15 is 0 Å². The van der Waals surface area contributed by atoms with Crippen LogP contribution in [0.3, 0.4) is 0 Å². The summed E-state index contributed by atoms with van der Waals surface area (Å²) in [7, 11) is 0. The van der Waals surface area contributed by atoms with Crippen LogP contribution in [0.2, 0.25) is 0 Å². The van der Waals surface area contributed by atoms with Crippen LogP contribution in [0, 0.1) is 5.82 Å². The topological polar surface area (TPSA) is 29.0 Å². The minimum absolute atomic E-state index is 0.311. The van der Waals surface area contributed by atoms with Gasteiger partial charge in [0.05, 0.1) is 18.9 Å². The van der Waals surface area contributed by atoms with Crippen LogP contribution in [0.4, 0.5) is 14.7 Å². The lowest BCUT2D eigenvalue weighted by atomic mass is 10.1. The van der Waals surface area contributed by atoms with Crippen LogP contribution < -0.4 is 4.90 Å². The van der Waals surface area contributed by atoms with Crippen molar-refractivity contribution in [2.24, 2.45) is 0 Å². The molecule has 3 nitrogen and oxygen atoms in total. The molecule has 1 aliphatic heterocycles. The third kappa shape index (κ3) is 1.97. The van der Waals surface area contributed by atoms with E-state index in [0.29, 0.717) is 18.9 Å². The molecule has 0 aliphatic carbocycles. The number of aromatic nitrogens is 2. The average molecular weight is 199 g/mol. The fourth-order valence-electron chi connectivity index (χ4n) is 1.58. The summed E-state index contributed by atoms with van der Waals surface area (Å²) >= 11 is 0. The highest BCUT2D eigenvalue weighted by Gasteiger charge is 2.20. The minimum Gasteiger partial charge on any atom is -0.338 e. The maximum Gasteiger partial charge on any atom is 0.225 e. The molecule has 14 heavy (non-hydrogen) atoms. The number of halogens is 2. The minimum atomic E-state index is -0.822. The Morgan fingerprint density at radius 1 is 1.36 bits per heavy atom. The van der Waals surface area contributed by atoms with Crippen molar-refractivity contribution >= 4 is 5.95 Å². The maximum absolute atomic E-state index is 13.0. The molecule has 0 N–H and O–H groups in total. The lowest BCUT2D eigenvalue weighted by molar-refractivity contribution is 0.285. The fraction of sp³-hybridized carbons (Fsp3) is 0.556. The summed E-state index contributed by atoms with van der Waals surface area (Å²) < 4.78 is 25.5. The van der Waals surface area contributed by atoms with E-state index in [0.717, 1.165) is 25.4 Å². The lowest BCUT2D eigenvalue weighted by Crippen LogP contribution is -2.37. The summed E-state index contributed by atoms with van der Waals surface area (Å²) in [6.07, 6.45) is 2.77. The molecular weight excluding hydrogens is 188 g/mol. The van der Waals surface area contributed by atoms with Crippen molar-refractivity contribution < 1.29 is 8.78 Å². The van der Waals surface area contributed by atoms with E-state index in [1.165, 1.54) is 0 Å². The molecule has 0 amide bonds. The van der Waals surface area contributed by atoms with E-state index in [1.807, 2.05) is 0 Å². The molecule has 2 heterocycles. The standard InChI is InChI=1S/C9H11F2N3/c10-7-2-1-3-14(6-7)9-12-4-8(11)5-13-9/h4-5,7H,1-3,6H2/t7-/m1/s1. The molecule has 2 rings (SSSR count). The van der Waals surface area contributed by atoms with E-state index < -0.39 is 12.0 Å². The number of piperidine rings is 1. The largest absolute Gasteiger partial charge is 0.338 e. The van der Waals surface area contributed by atoms with Crippen molar-refractivity contribution in [1.82, 2.24) is 9.97 Å². The zero-order chi connectivity index (χ0) is 9.97. The van der Waals surface area contributed by atoms with Gasteiger partial charge in [-0.25, -0.2) is 18.7 Å². The number of rotatable bonds is 1. The summed E-state index contributed by atoms with van der Waals surface area (Å²) in [6.45, 7) is 1.05. The molecule has 1 aromatic heterocycles. The maximum atomic E-state index is 13.0. The van der Waals surface area contributed by atoms with Crippen LogP contribution in [0.1, 0.15) is 12.8 Å². The molecular formula is C9H11F2N3. The number of hydrogen-bond acceptors (Lipinski definition) is 3. The van der Waals surface area contributed by atoms with Crippen LogP contribution in [-0.4, -0.2) is 29.2 Å². The zero-order valence-electron chi connectivity index (χ0n) is 7.66. The lowest BCUT2D eigenvalue weighted by Gasteiger charge is -2.28. The smallest absolute Gasteiger partial charge is 0.225 e. The Morgan fingerprint density at radius 2 is 2.07 bits per heavy atom. The average Bonchev–Trinajstić information content (AvgIpc) is 2.19. The highest BCUT2D eigenvalue weighted by molar-refractivity contribution is 5.29. The highest BCUT2D eigenvalue weighted by Crippen LogP contribution is 2.17. The van der Waals surface area contributed by atoms with Gasteiger partial charge < -0.3 is 4.90 Å². The highest BCUT2D eigenvalue weighted by atomic mass is 19.1. The van der Waals surface area contributed by atoms with Crippen molar-refractivity contribution in [3.05, 3.63) is 18.2 Å². The van der Waals surface area contributed by atoms with Crippen LogP contribution in [-0.2, 0) is 0 Å². The van der Waals surface area contributed by atoms with E-state index in [9.17, 15) is 8.78 Å². The van der Waals surface area contributed by atoms with Gasteiger partial charge in [0.15, 0.2) is 5.82 Å². The predicted octanol–water partition coefficient (Wildman–Crippen LogP) is 1.55. The van der Waals surface area contributed by atoms with Crippen LogP contribution in [0.25, 0.3) is 0 Å². The Hall–Kier alpha value is -1.26. The predicted molar refractivity (Wildman–Crippen MR) is 48.3 cm³/mol. The van der Waals surface area contributed by atoms with E-state index in [1.54, 1.807) is 4.90 Å². The van der Waals surface area contributed by atoms with Gasteiger partial charge in [-0.15, -0.1) is 0 Å². The molecule has 0 aromatic carbocycles. The molecule has 5 heteroatoms. The third-order valence-electron chi connectivity index (χ3n) is 2.25. The summed E-state index contributed by atoms with van der Waals surface area (Å²) in [6, 6.07) is 0. The van der Waals surface area contributed by atoms with E-state index in [2.05, 4.69) is 9.97 Å². The first kappa shape index (κ1) is 9.30. The van der Waals surface area contributed by atoms with Gasteiger partial charge in [0.25, 0.3) is 0 Å². The van der Waals surface area contributed by atoms with Gasteiger partial charge in [-0.1, -0.05) is 0 Å². The summed E-state index contributed by atoms with van der Waals surface area (Å²) in [5, 5.41) is 0. The second kappa shape index (κ2) is 3.86. The Bertz CT molecular complexity index is 301. The third-order valence-corrected chi connectivity index (χ3v) is 2.25. The normalized spacial score (nSPS) is 22.4. The summed E-state index contributed by atoms with van der Waals surface area (Å²) in [5.74, 6) is -0.0590. The zero-order valence-corrected chi connectivity index (χ0v) is 7.66. The van der Waals surface area contributed by atoms with Gasteiger partial charge in [0.1, 0.15) is 6.17 Å². The second-order valence-corrected chi connectivity index (χ2v) is 3.39. The SMILES string of the molecule is Fc1cnc(N2CCC[C@@H](F)C2)nc1. The quantitative estimate of drug-likeness (QED) is 0.687. The Balaban J connectivity index is 2.10. The molecule has 1 saturated heterocycles. The Labute approximate surface area is 80.8 Å². The Kier molecular flexibility index (Phi) is 2.56. The van der Waals surface area contributed by atoms with Crippen molar-refractivity contribution in [3.8, 4) is 0 Å². The fourth-order valence-corrected chi connectivity index (χ4v) is 1.58. The number of nitrogens with zero attached hydrogens (tertiary/aromatic N) is 3.